The smallest absolute Gasteiger partial charge is 0.273 e. The van der Waals surface area contributed by atoms with Crippen LogP contribution in [-0.4, -0.2) is 25.2 Å². The molecule has 6 heteroatoms. The van der Waals surface area contributed by atoms with E-state index in [1.807, 2.05) is 31.2 Å². The summed E-state index contributed by atoms with van der Waals surface area (Å²) in [6, 6.07) is 9.58. The largest absolute Gasteiger partial charge is 0.334 e. The molecule has 4 rings (SSSR count). The van der Waals surface area contributed by atoms with Crippen molar-refractivity contribution >= 4 is 11.6 Å². The van der Waals surface area contributed by atoms with E-state index in [-0.39, 0.29) is 5.91 Å². The van der Waals surface area contributed by atoms with Crippen LogP contribution in [0.15, 0.2) is 36.5 Å². The van der Waals surface area contributed by atoms with Crippen LogP contribution in [0.2, 0.25) is 0 Å². The van der Waals surface area contributed by atoms with Gasteiger partial charge in [-0.25, -0.2) is 4.98 Å². The Labute approximate surface area is 146 Å². The van der Waals surface area contributed by atoms with Crippen LogP contribution in [-0.2, 0) is 20.0 Å². The normalized spacial score (nSPS) is 13.5. The van der Waals surface area contributed by atoms with Crippen molar-refractivity contribution in [3.8, 4) is 11.3 Å². The predicted octanol–water partition coefficient (Wildman–Crippen LogP) is 3.18. The molecule has 1 aliphatic heterocycles. The number of aryl methyl sites for hydroxylation is 4. The molecule has 2 aromatic heterocycles. The predicted molar refractivity (Wildman–Crippen MR) is 96.5 cm³/mol. The third-order valence-corrected chi connectivity index (χ3v) is 4.59. The van der Waals surface area contributed by atoms with E-state index in [0.29, 0.717) is 5.69 Å². The zero-order valence-corrected chi connectivity index (χ0v) is 14.5. The number of para-hydroxylation sites is 1. The Morgan fingerprint density at radius 1 is 1.24 bits per heavy atom. The third-order valence-electron chi connectivity index (χ3n) is 4.59. The van der Waals surface area contributed by atoms with E-state index < -0.39 is 0 Å². The minimum absolute atomic E-state index is 0.167. The number of hydrogen-bond acceptors (Lipinski definition) is 3. The van der Waals surface area contributed by atoms with E-state index in [2.05, 4.69) is 21.2 Å². The Hall–Kier alpha value is -2.89. The van der Waals surface area contributed by atoms with Gasteiger partial charge in [-0.2, -0.15) is 5.10 Å². The first-order valence-corrected chi connectivity index (χ1v) is 8.59. The summed E-state index contributed by atoms with van der Waals surface area (Å²) in [6.07, 6.45) is 5.49. The Morgan fingerprint density at radius 2 is 2.08 bits per heavy atom. The number of anilines is 1. The minimum atomic E-state index is -0.167. The maximum atomic E-state index is 12.6. The molecule has 0 atom stereocenters. The van der Waals surface area contributed by atoms with Crippen LogP contribution in [0.5, 0.6) is 0 Å². The maximum absolute atomic E-state index is 12.6. The molecule has 0 radical (unpaired) electrons. The Morgan fingerprint density at radius 3 is 2.84 bits per heavy atom. The van der Waals surface area contributed by atoms with Crippen molar-refractivity contribution < 1.29 is 4.79 Å². The highest BCUT2D eigenvalue weighted by Gasteiger charge is 2.17. The number of nitrogens with one attached hydrogen (secondary N) is 1. The number of rotatable bonds is 3. The van der Waals surface area contributed by atoms with Gasteiger partial charge in [0.15, 0.2) is 0 Å². The van der Waals surface area contributed by atoms with Gasteiger partial charge >= 0.3 is 0 Å². The Balaban J connectivity index is 1.66. The van der Waals surface area contributed by atoms with Crippen LogP contribution < -0.4 is 5.32 Å². The third kappa shape index (κ3) is 2.95. The number of nitrogens with zero attached hydrogens (tertiary/aromatic N) is 4. The van der Waals surface area contributed by atoms with Gasteiger partial charge in [0.2, 0.25) is 0 Å². The van der Waals surface area contributed by atoms with E-state index in [9.17, 15) is 4.79 Å². The van der Waals surface area contributed by atoms with E-state index >= 15 is 0 Å². The maximum Gasteiger partial charge on any atom is 0.273 e. The van der Waals surface area contributed by atoms with Gasteiger partial charge in [0.1, 0.15) is 11.5 Å². The van der Waals surface area contributed by atoms with Crippen molar-refractivity contribution in [1.82, 2.24) is 19.3 Å². The van der Waals surface area contributed by atoms with E-state index in [0.717, 1.165) is 41.4 Å². The SMILES string of the molecule is Cc1cc(C(=O)Nc2ccccc2-c2cn3c(n2)CCCC3)n(C)n1. The van der Waals surface area contributed by atoms with Gasteiger partial charge in [0, 0.05) is 31.8 Å². The van der Waals surface area contributed by atoms with Gasteiger partial charge in [0.05, 0.1) is 17.1 Å². The van der Waals surface area contributed by atoms with Crippen LogP contribution in [0.4, 0.5) is 5.69 Å². The molecular weight excluding hydrogens is 314 g/mol. The average Bonchev–Trinajstić information content (AvgIpc) is 3.18. The lowest BCUT2D eigenvalue weighted by Gasteiger charge is -2.11. The fraction of sp³-hybridized carbons (Fsp3) is 0.316. The van der Waals surface area contributed by atoms with Crippen LogP contribution >= 0.6 is 0 Å². The molecular formula is C19H21N5O. The van der Waals surface area contributed by atoms with Crippen LogP contribution in [0.25, 0.3) is 11.3 Å². The van der Waals surface area contributed by atoms with Crippen LogP contribution in [0, 0.1) is 6.92 Å². The number of carbonyl (C=O) groups excluding carboxylic acids is 1. The molecule has 1 aliphatic rings. The zero-order valence-electron chi connectivity index (χ0n) is 14.5. The van der Waals surface area contributed by atoms with E-state index in [4.69, 9.17) is 4.98 Å². The molecule has 1 N–H and O–H groups in total. The second kappa shape index (κ2) is 6.20. The molecule has 3 aromatic rings. The summed E-state index contributed by atoms with van der Waals surface area (Å²) in [7, 11) is 1.78. The highest BCUT2D eigenvalue weighted by Crippen LogP contribution is 2.29. The first kappa shape index (κ1) is 15.6. The van der Waals surface area contributed by atoms with Gasteiger partial charge in [-0.3, -0.25) is 9.48 Å². The molecule has 0 spiro atoms. The van der Waals surface area contributed by atoms with E-state index in [1.165, 1.54) is 12.8 Å². The summed E-state index contributed by atoms with van der Waals surface area (Å²) < 4.78 is 3.82. The van der Waals surface area contributed by atoms with Crippen molar-refractivity contribution in [2.75, 3.05) is 5.32 Å². The lowest BCUT2D eigenvalue weighted by atomic mass is 10.1. The molecule has 0 saturated heterocycles. The second-order valence-corrected chi connectivity index (χ2v) is 6.49. The minimum Gasteiger partial charge on any atom is -0.334 e. The molecule has 25 heavy (non-hydrogen) atoms. The number of hydrogen-bond donors (Lipinski definition) is 1. The summed E-state index contributed by atoms with van der Waals surface area (Å²) in [5.41, 5.74) is 3.98. The highest BCUT2D eigenvalue weighted by molar-refractivity contribution is 6.05. The van der Waals surface area contributed by atoms with Gasteiger partial charge < -0.3 is 9.88 Å². The number of benzene rings is 1. The number of aromatic nitrogens is 4. The fourth-order valence-electron chi connectivity index (χ4n) is 3.37. The summed E-state index contributed by atoms with van der Waals surface area (Å²) in [6.45, 7) is 2.89. The summed E-state index contributed by atoms with van der Waals surface area (Å²) in [5.74, 6) is 0.962. The molecule has 0 aliphatic carbocycles. The molecule has 128 valence electrons. The molecule has 6 nitrogen and oxygen atoms in total. The molecule has 0 unspecified atom stereocenters. The highest BCUT2D eigenvalue weighted by atomic mass is 16.2. The summed E-state index contributed by atoms with van der Waals surface area (Å²) in [4.78, 5) is 17.4. The monoisotopic (exact) mass is 335 g/mol. The quantitative estimate of drug-likeness (QED) is 0.799. The molecule has 3 heterocycles. The number of amides is 1. The van der Waals surface area contributed by atoms with Gasteiger partial charge in [-0.15, -0.1) is 0 Å². The van der Waals surface area contributed by atoms with E-state index in [1.54, 1.807) is 17.8 Å². The van der Waals surface area contributed by atoms with Crippen molar-refractivity contribution in [3.05, 3.63) is 53.7 Å². The molecule has 0 fully saturated rings. The van der Waals surface area contributed by atoms with Gasteiger partial charge in [-0.1, -0.05) is 18.2 Å². The molecule has 1 aromatic carbocycles. The Kier molecular flexibility index (Phi) is 3.87. The molecule has 1 amide bonds. The van der Waals surface area contributed by atoms with Crippen LogP contribution in [0.1, 0.15) is 34.8 Å². The average molecular weight is 335 g/mol. The second-order valence-electron chi connectivity index (χ2n) is 6.49. The van der Waals surface area contributed by atoms with Crippen molar-refractivity contribution in [2.45, 2.75) is 32.7 Å². The number of imidazole rings is 1. The fourth-order valence-corrected chi connectivity index (χ4v) is 3.37. The summed E-state index contributed by atoms with van der Waals surface area (Å²) in [5, 5.41) is 7.25. The first-order chi connectivity index (χ1) is 12.1. The standard InChI is InChI=1S/C19H21N5O/c1-13-11-17(23(2)22-13)19(25)21-15-8-4-3-7-14(15)16-12-24-10-6-5-9-18(24)20-16/h3-4,7-8,11-12H,5-6,9-10H2,1-2H3,(H,21,25). The number of carbonyl (C=O) groups is 1. The zero-order chi connectivity index (χ0) is 17.4. The van der Waals surface area contributed by atoms with Crippen molar-refractivity contribution in [1.29, 1.82) is 0 Å². The lowest BCUT2D eigenvalue weighted by molar-refractivity contribution is 0.101. The van der Waals surface area contributed by atoms with Crippen LogP contribution in [0.3, 0.4) is 0 Å². The Bertz CT molecular complexity index is 914. The number of fused-ring (bicyclic) bond motifs is 1. The van der Waals surface area contributed by atoms with Gasteiger partial charge in [0.25, 0.3) is 5.91 Å². The topological polar surface area (TPSA) is 64.7 Å². The van der Waals surface area contributed by atoms with Gasteiger partial charge in [-0.05, 0) is 31.9 Å². The summed E-state index contributed by atoms with van der Waals surface area (Å²) >= 11 is 0. The first-order valence-electron chi connectivity index (χ1n) is 8.59. The molecule has 0 saturated carbocycles. The molecule has 0 bridgehead atoms. The lowest BCUT2D eigenvalue weighted by Crippen LogP contribution is -2.16. The van der Waals surface area contributed by atoms with Crippen molar-refractivity contribution in [2.24, 2.45) is 7.05 Å². The van der Waals surface area contributed by atoms with Crippen molar-refractivity contribution in [3.63, 3.8) is 0 Å².